The highest BCUT2D eigenvalue weighted by atomic mass is 16.5. The maximum Gasteiger partial charge on any atom is 0.239 e. The molecule has 1 saturated heterocycles. The molecule has 1 heterocycles. The van der Waals surface area contributed by atoms with Crippen LogP contribution in [0.1, 0.15) is 74.5 Å². The predicted molar refractivity (Wildman–Crippen MR) is 195 cm³/mol. The summed E-state index contributed by atoms with van der Waals surface area (Å²) < 4.78 is 25.6. The minimum absolute atomic E-state index is 0.0556. The molecule has 0 radical (unpaired) electrons. The number of hydrogen-bond acceptors (Lipinski definition) is 6. The molecule has 4 saturated carbocycles. The van der Waals surface area contributed by atoms with Gasteiger partial charge < -0.3 is 24.3 Å². The smallest absolute Gasteiger partial charge is 0.239 e. The van der Waals surface area contributed by atoms with Crippen LogP contribution in [-0.4, -0.2) is 56.6 Å². The van der Waals surface area contributed by atoms with Gasteiger partial charge in [-0.15, -0.1) is 0 Å². The summed E-state index contributed by atoms with van der Waals surface area (Å²) in [6, 6.07) is 29.6. The van der Waals surface area contributed by atoms with Crippen LogP contribution in [0, 0.1) is 23.2 Å². The zero-order chi connectivity index (χ0) is 34.0. The molecule has 5 fully saturated rings. The van der Waals surface area contributed by atoms with Crippen molar-refractivity contribution in [3.63, 3.8) is 0 Å². The number of amides is 1. The summed E-state index contributed by atoms with van der Waals surface area (Å²) in [5, 5.41) is 6.78. The number of nitrogens with one attached hydrogen (secondary N) is 2. The summed E-state index contributed by atoms with van der Waals surface area (Å²) in [5.74, 6) is 2.84. The highest BCUT2D eigenvalue weighted by Crippen LogP contribution is 2.60. The van der Waals surface area contributed by atoms with Gasteiger partial charge in [0, 0.05) is 13.2 Å². The number of carbonyl (C=O) groups is 1. The number of unbranched alkanes of at least 4 members (excludes halogenated alkanes) is 2. The van der Waals surface area contributed by atoms with Gasteiger partial charge in [0.05, 0.1) is 39.1 Å². The fourth-order valence-corrected chi connectivity index (χ4v) is 9.60. The van der Waals surface area contributed by atoms with Gasteiger partial charge >= 0.3 is 0 Å². The molecule has 7 heteroatoms. The van der Waals surface area contributed by atoms with Crippen molar-refractivity contribution in [1.29, 1.82) is 0 Å². The first-order valence-corrected chi connectivity index (χ1v) is 19.2. The highest BCUT2D eigenvalue weighted by molar-refractivity contribution is 5.83. The van der Waals surface area contributed by atoms with E-state index in [1.54, 1.807) is 0 Å². The molecule has 50 heavy (non-hydrogen) atoms. The van der Waals surface area contributed by atoms with Crippen molar-refractivity contribution in [3.05, 3.63) is 108 Å². The second-order valence-corrected chi connectivity index (χ2v) is 15.6. The molecule has 2 N–H and O–H groups in total. The van der Waals surface area contributed by atoms with Crippen LogP contribution in [0.3, 0.4) is 0 Å². The molecule has 4 aliphatic carbocycles. The Bertz CT molecular complexity index is 1420. The Kier molecular flexibility index (Phi) is 12.3. The normalized spacial score (nSPS) is 29.7. The van der Waals surface area contributed by atoms with Crippen LogP contribution in [0.15, 0.2) is 91.0 Å². The Hall–Kier alpha value is -3.07. The van der Waals surface area contributed by atoms with Crippen molar-refractivity contribution in [2.75, 3.05) is 26.4 Å². The van der Waals surface area contributed by atoms with E-state index in [2.05, 4.69) is 34.9 Å². The molecule has 3 aromatic rings. The monoisotopic (exact) mass is 680 g/mol. The van der Waals surface area contributed by atoms with Crippen molar-refractivity contribution in [2.45, 2.75) is 102 Å². The van der Waals surface area contributed by atoms with Gasteiger partial charge in [0.2, 0.25) is 5.91 Å². The molecule has 1 amide bonds. The van der Waals surface area contributed by atoms with E-state index < -0.39 is 12.1 Å². The molecule has 3 aromatic carbocycles. The first-order valence-electron chi connectivity index (χ1n) is 19.2. The molecular formula is C43H56N2O5. The third-order valence-corrected chi connectivity index (χ3v) is 11.5. The third-order valence-electron chi connectivity index (χ3n) is 11.5. The average molecular weight is 681 g/mol. The van der Waals surface area contributed by atoms with E-state index in [0.29, 0.717) is 38.4 Å². The van der Waals surface area contributed by atoms with Gasteiger partial charge in [-0.2, -0.15) is 0 Å². The largest absolute Gasteiger partial charge is 0.381 e. The molecule has 4 bridgehead atoms. The zero-order valence-electron chi connectivity index (χ0n) is 29.6. The predicted octanol–water partition coefficient (Wildman–Crippen LogP) is 7.23. The van der Waals surface area contributed by atoms with Gasteiger partial charge in [-0.3, -0.25) is 10.1 Å². The average Bonchev–Trinajstić information content (AvgIpc) is 3.48. The lowest BCUT2D eigenvalue weighted by atomic mass is 9.50. The molecule has 0 aromatic heterocycles. The van der Waals surface area contributed by atoms with Crippen LogP contribution < -0.4 is 10.6 Å². The Morgan fingerprint density at radius 1 is 0.660 bits per heavy atom. The van der Waals surface area contributed by atoms with Gasteiger partial charge in [0.25, 0.3) is 0 Å². The summed E-state index contributed by atoms with van der Waals surface area (Å²) in [5.41, 5.74) is 3.72. The first-order chi connectivity index (χ1) is 24.6. The number of benzene rings is 3. The number of rotatable bonds is 19. The van der Waals surface area contributed by atoms with Gasteiger partial charge in [0.15, 0.2) is 0 Å². The summed E-state index contributed by atoms with van der Waals surface area (Å²) >= 11 is 0. The lowest BCUT2D eigenvalue weighted by molar-refractivity contribution is -0.130. The van der Waals surface area contributed by atoms with Gasteiger partial charge in [0.1, 0.15) is 18.2 Å². The molecule has 8 rings (SSSR count). The van der Waals surface area contributed by atoms with Crippen LogP contribution in [-0.2, 0) is 43.6 Å². The fraction of sp³-hybridized carbons (Fsp3) is 0.558. The van der Waals surface area contributed by atoms with E-state index in [4.69, 9.17) is 18.9 Å². The van der Waals surface area contributed by atoms with Crippen LogP contribution in [0.4, 0.5) is 0 Å². The van der Waals surface area contributed by atoms with Crippen molar-refractivity contribution < 1.29 is 23.7 Å². The molecule has 0 unspecified atom stereocenters. The van der Waals surface area contributed by atoms with Crippen LogP contribution >= 0.6 is 0 Å². The second kappa shape index (κ2) is 17.4. The summed E-state index contributed by atoms with van der Waals surface area (Å²) in [6.07, 6.45) is 10.7. The maximum atomic E-state index is 13.8. The van der Waals surface area contributed by atoms with Gasteiger partial charge in [-0.1, -0.05) is 91.0 Å². The summed E-state index contributed by atoms with van der Waals surface area (Å²) in [7, 11) is 0. The minimum Gasteiger partial charge on any atom is -0.381 e. The second-order valence-electron chi connectivity index (χ2n) is 15.6. The van der Waals surface area contributed by atoms with E-state index in [1.807, 2.05) is 66.7 Å². The standard InChI is InChI=1S/C43H56N2O5/c46-42(44-19-11-4-12-20-47-31-43-24-35-21-36(25-43)23-37(22-35)26-43)39-41(50-29-34-17-9-3-10-18-34)40(49-28-33-15-7-2-8-16-33)38(45-39)30-48-27-32-13-5-1-6-14-32/h1-3,5-10,13-18,35-41,45H,4,11-12,19-31H2,(H,44,46)/t35?,36?,37?,38-,39+,40+,41-,43?/m1/s1. The number of ether oxygens (including phenoxy) is 4. The molecule has 1 aliphatic heterocycles. The Morgan fingerprint density at radius 3 is 1.78 bits per heavy atom. The third kappa shape index (κ3) is 9.42. The van der Waals surface area contributed by atoms with E-state index >= 15 is 0 Å². The molecule has 0 spiro atoms. The highest BCUT2D eigenvalue weighted by Gasteiger charge is 2.51. The number of hydrogen-bond donors (Lipinski definition) is 2. The lowest BCUT2D eigenvalue weighted by Crippen LogP contribution is -2.48. The maximum absolute atomic E-state index is 13.8. The van der Waals surface area contributed by atoms with E-state index in [-0.39, 0.29) is 18.1 Å². The summed E-state index contributed by atoms with van der Waals surface area (Å²) in [6.45, 7) is 4.10. The quantitative estimate of drug-likeness (QED) is 0.130. The molecule has 7 nitrogen and oxygen atoms in total. The van der Waals surface area contributed by atoms with Gasteiger partial charge in [-0.05, 0) is 97.6 Å². The molecular weight excluding hydrogens is 624 g/mol. The van der Waals surface area contributed by atoms with Crippen molar-refractivity contribution in [2.24, 2.45) is 23.2 Å². The van der Waals surface area contributed by atoms with Gasteiger partial charge in [-0.25, -0.2) is 0 Å². The minimum atomic E-state index is -0.562. The Balaban J connectivity index is 0.915. The molecule has 268 valence electrons. The lowest BCUT2D eigenvalue weighted by Gasteiger charge is -2.56. The van der Waals surface area contributed by atoms with Crippen molar-refractivity contribution in [1.82, 2.24) is 10.6 Å². The van der Waals surface area contributed by atoms with Crippen LogP contribution in [0.5, 0.6) is 0 Å². The SMILES string of the molecule is O=C(NCCCCCOCC12CC3CC(CC(C3)C1)C2)[C@H]1N[C@H](COCc2ccccc2)[C@H](OCc2ccccc2)[C@@H]1OCc1ccccc1. The van der Waals surface area contributed by atoms with Crippen LogP contribution in [0.2, 0.25) is 0 Å². The topological polar surface area (TPSA) is 78.1 Å². The van der Waals surface area contributed by atoms with E-state index in [0.717, 1.165) is 66.9 Å². The van der Waals surface area contributed by atoms with Crippen molar-refractivity contribution >= 4 is 5.91 Å². The fourth-order valence-electron chi connectivity index (χ4n) is 9.60. The van der Waals surface area contributed by atoms with E-state index in [9.17, 15) is 4.79 Å². The molecule has 5 aliphatic rings. The first kappa shape index (κ1) is 35.3. The zero-order valence-corrected chi connectivity index (χ0v) is 29.6. The van der Waals surface area contributed by atoms with E-state index in [1.165, 1.54) is 38.5 Å². The Morgan fingerprint density at radius 2 is 1.20 bits per heavy atom. The number of carbonyl (C=O) groups excluding carboxylic acids is 1. The summed E-state index contributed by atoms with van der Waals surface area (Å²) in [4.78, 5) is 13.8. The Labute approximate surface area is 298 Å². The molecule has 4 atom stereocenters. The van der Waals surface area contributed by atoms with Crippen LogP contribution in [0.25, 0.3) is 0 Å². The van der Waals surface area contributed by atoms with Crippen molar-refractivity contribution in [3.8, 4) is 0 Å².